The van der Waals surface area contributed by atoms with E-state index >= 15 is 0 Å². The Morgan fingerprint density at radius 3 is 2.84 bits per heavy atom. The zero-order valence-electron chi connectivity index (χ0n) is 14.1. The van der Waals surface area contributed by atoms with Gasteiger partial charge in [0, 0.05) is 31.2 Å². The van der Waals surface area contributed by atoms with E-state index in [4.69, 9.17) is 5.73 Å². The maximum Gasteiger partial charge on any atom is 0.244 e. The number of amides is 1. The first-order valence-corrected chi connectivity index (χ1v) is 9.47. The number of fused-ring (bicyclic) bond motifs is 1. The van der Waals surface area contributed by atoms with Crippen LogP contribution in [0.5, 0.6) is 0 Å². The molecule has 1 atom stereocenters. The fourth-order valence-electron chi connectivity index (χ4n) is 3.00. The Bertz CT molecular complexity index is 906. The first-order valence-electron chi connectivity index (χ1n) is 7.99. The van der Waals surface area contributed by atoms with Gasteiger partial charge in [-0.2, -0.15) is 9.82 Å². The molecule has 2 heterocycles. The first-order chi connectivity index (χ1) is 11.8. The minimum absolute atomic E-state index is 0.0259. The van der Waals surface area contributed by atoms with E-state index in [-0.39, 0.29) is 10.8 Å². The molecule has 1 unspecified atom stereocenters. The molecule has 0 radical (unpaired) electrons. The van der Waals surface area contributed by atoms with Crippen LogP contribution in [0.3, 0.4) is 0 Å². The van der Waals surface area contributed by atoms with Gasteiger partial charge in [-0.05, 0) is 37.5 Å². The number of hydrogen-bond donors (Lipinski definition) is 2. The van der Waals surface area contributed by atoms with Crippen LogP contribution in [0.15, 0.2) is 35.5 Å². The number of nitrogens with two attached hydrogens (primary N) is 1. The fourth-order valence-corrected chi connectivity index (χ4v) is 4.18. The smallest absolute Gasteiger partial charge is 0.244 e. The first kappa shape index (κ1) is 17.4. The summed E-state index contributed by atoms with van der Waals surface area (Å²) in [5.74, 6) is -0.306. The number of hydrogen-bond acceptors (Lipinski definition) is 5. The van der Waals surface area contributed by atoms with E-state index in [1.54, 1.807) is 24.1 Å². The number of anilines is 2. The van der Waals surface area contributed by atoms with E-state index in [9.17, 15) is 13.2 Å². The Hall–Kier alpha value is -2.39. The van der Waals surface area contributed by atoms with Crippen LogP contribution in [0.1, 0.15) is 18.9 Å². The third-order valence-electron chi connectivity index (χ3n) is 4.25. The number of carbonyl (C=O) groups is 1. The van der Waals surface area contributed by atoms with Crippen molar-refractivity contribution in [1.82, 2.24) is 14.5 Å². The van der Waals surface area contributed by atoms with Crippen LogP contribution < -0.4 is 15.4 Å². The summed E-state index contributed by atoms with van der Waals surface area (Å²) in [5, 5.41) is 3.85. The molecular weight excluding hydrogens is 342 g/mol. The maximum absolute atomic E-state index is 12.8. The topological polar surface area (TPSA) is 110 Å². The Kier molecular flexibility index (Phi) is 4.53. The Labute approximate surface area is 146 Å². The average molecular weight is 363 g/mol. The SMILES string of the molecule is CC(NS(=O)(=O)c1cnn(C)c1)C(=O)N1CCCc2c(N)cccc21. The standard InChI is InChI=1S/C16H21N5O3S/c1-11(19-25(23,24)12-9-18-20(2)10-12)16(22)21-8-4-5-13-14(17)6-3-7-15(13)21/h3,6-7,9-11,19H,4-5,8,17H2,1-2H3. The minimum Gasteiger partial charge on any atom is -0.398 e. The van der Waals surface area contributed by atoms with Gasteiger partial charge in [-0.15, -0.1) is 0 Å². The zero-order valence-corrected chi connectivity index (χ0v) is 15.0. The van der Waals surface area contributed by atoms with Crippen molar-refractivity contribution in [2.75, 3.05) is 17.2 Å². The van der Waals surface area contributed by atoms with E-state index in [1.165, 1.54) is 24.0 Å². The molecule has 1 aliphatic rings. The van der Waals surface area contributed by atoms with Crippen LogP contribution in [-0.2, 0) is 28.3 Å². The summed E-state index contributed by atoms with van der Waals surface area (Å²) in [6, 6.07) is 4.54. The number of rotatable bonds is 4. The van der Waals surface area contributed by atoms with Crippen LogP contribution in [-0.4, -0.2) is 36.7 Å². The van der Waals surface area contributed by atoms with Crippen molar-refractivity contribution in [3.8, 4) is 0 Å². The summed E-state index contributed by atoms with van der Waals surface area (Å²) in [5.41, 5.74) is 8.34. The molecule has 0 bridgehead atoms. The molecule has 134 valence electrons. The molecule has 0 fully saturated rings. The lowest BCUT2D eigenvalue weighted by Gasteiger charge is -2.32. The summed E-state index contributed by atoms with van der Waals surface area (Å²) in [4.78, 5) is 14.5. The Morgan fingerprint density at radius 1 is 1.40 bits per heavy atom. The molecule has 3 rings (SSSR count). The largest absolute Gasteiger partial charge is 0.398 e. The van der Waals surface area contributed by atoms with Gasteiger partial charge in [0.15, 0.2) is 0 Å². The zero-order chi connectivity index (χ0) is 18.2. The number of nitrogens with zero attached hydrogens (tertiary/aromatic N) is 3. The van der Waals surface area contributed by atoms with E-state index < -0.39 is 16.1 Å². The molecule has 9 heteroatoms. The molecule has 0 saturated carbocycles. The van der Waals surface area contributed by atoms with Gasteiger partial charge in [-0.25, -0.2) is 8.42 Å². The highest BCUT2D eigenvalue weighted by Gasteiger charge is 2.30. The molecule has 0 saturated heterocycles. The summed E-state index contributed by atoms with van der Waals surface area (Å²) < 4.78 is 28.6. The summed E-state index contributed by atoms with van der Waals surface area (Å²) in [7, 11) is -2.19. The van der Waals surface area contributed by atoms with Gasteiger partial charge >= 0.3 is 0 Å². The van der Waals surface area contributed by atoms with Crippen LogP contribution >= 0.6 is 0 Å². The monoisotopic (exact) mass is 363 g/mol. The van der Waals surface area contributed by atoms with E-state index in [2.05, 4.69) is 9.82 Å². The van der Waals surface area contributed by atoms with Crippen molar-refractivity contribution < 1.29 is 13.2 Å². The average Bonchev–Trinajstić information content (AvgIpc) is 3.01. The van der Waals surface area contributed by atoms with Gasteiger partial charge in [0.1, 0.15) is 4.90 Å². The molecule has 1 aliphatic heterocycles. The second-order valence-corrected chi connectivity index (χ2v) is 7.85. The molecule has 1 aromatic carbocycles. The molecule has 1 amide bonds. The van der Waals surface area contributed by atoms with Crippen molar-refractivity contribution >= 4 is 27.3 Å². The number of aromatic nitrogens is 2. The quantitative estimate of drug-likeness (QED) is 0.775. The van der Waals surface area contributed by atoms with Gasteiger partial charge < -0.3 is 10.6 Å². The van der Waals surface area contributed by atoms with Crippen LogP contribution in [0, 0.1) is 0 Å². The van der Waals surface area contributed by atoms with Gasteiger partial charge in [-0.1, -0.05) is 6.07 Å². The second kappa shape index (κ2) is 6.49. The fraction of sp³-hybridized carbons (Fsp3) is 0.375. The number of benzene rings is 1. The van der Waals surface area contributed by atoms with Crippen molar-refractivity contribution in [2.24, 2.45) is 7.05 Å². The lowest BCUT2D eigenvalue weighted by Crippen LogP contribution is -2.48. The highest BCUT2D eigenvalue weighted by Crippen LogP contribution is 2.31. The highest BCUT2D eigenvalue weighted by atomic mass is 32.2. The molecule has 1 aromatic heterocycles. The van der Waals surface area contributed by atoms with Gasteiger partial charge in [0.05, 0.1) is 12.2 Å². The minimum atomic E-state index is -3.81. The highest BCUT2D eigenvalue weighted by molar-refractivity contribution is 7.89. The van der Waals surface area contributed by atoms with Crippen molar-refractivity contribution in [1.29, 1.82) is 0 Å². The Balaban J connectivity index is 1.81. The lowest BCUT2D eigenvalue weighted by atomic mass is 9.99. The van der Waals surface area contributed by atoms with Gasteiger partial charge in [0.25, 0.3) is 0 Å². The summed E-state index contributed by atoms with van der Waals surface area (Å²) >= 11 is 0. The third kappa shape index (κ3) is 3.38. The third-order valence-corrected chi connectivity index (χ3v) is 5.74. The molecule has 3 N–H and O–H groups in total. The molecule has 2 aromatic rings. The predicted molar refractivity (Wildman–Crippen MR) is 94.5 cm³/mol. The number of nitrogen functional groups attached to an aromatic ring is 1. The van der Waals surface area contributed by atoms with E-state index in [0.717, 1.165) is 24.1 Å². The Morgan fingerprint density at radius 2 is 2.16 bits per heavy atom. The number of nitrogens with one attached hydrogen (secondary N) is 1. The van der Waals surface area contributed by atoms with Crippen molar-refractivity contribution in [3.63, 3.8) is 0 Å². The van der Waals surface area contributed by atoms with Crippen LogP contribution in [0.4, 0.5) is 11.4 Å². The molecule has 0 spiro atoms. The number of aryl methyl sites for hydroxylation is 1. The second-order valence-electron chi connectivity index (χ2n) is 6.13. The van der Waals surface area contributed by atoms with Gasteiger partial charge in [-0.3, -0.25) is 9.48 Å². The lowest BCUT2D eigenvalue weighted by molar-refractivity contribution is -0.119. The normalized spacial score (nSPS) is 15.7. The molecule has 0 aliphatic carbocycles. The van der Waals surface area contributed by atoms with E-state index in [0.29, 0.717) is 12.2 Å². The van der Waals surface area contributed by atoms with Gasteiger partial charge in [0.2, 0.25) is 15.9 Å². The van der Waals surface area contributed by atoms with Crippen LogP contribution in [0.25, 0.3) is 0 Å². The molecule has 25 heavy (non-hydrogen) atoms. The van der Waals surface area contributed by atoms with E-state index in [1.807, 2.05) is 6.07 Å². The summed E-state index contributed by atoms with van der Waals surface area (Å²) in [6.45, 7) is 2.07. The van der Waals surface area contributed by atoms with Crippen molar-refractivity contribution in [2.45, 2.75) is 30.7 Å². The summed E-state index contributed by atoms with van der Waals surface area (Å²) in [6.07, 6.45) is 4.23. The number of sulfonamides is 1. The number of carbonyl (C=O) groups excluding carboxylic acids is 1. The maximum atomic E-state index is 12.8. The molecular formula is C16H21N5O3S. The van der Waals surface area contributed by atoms with Crippen LogP contribution in [0.2, 0.25) is 0 Å². The molecule has 8 nitrogen and oxygen atoms in total. The van der Waals surface area contributed by atoms with Crippen molar-refractivity contribution in [3.05, 3.63) is 36.2 Å². The predicted octanol–water partition coefficient (Wildman–Crippen LogP) is 0.649.